The topological polar surface area (TPSA) is 79.7 Å². The summed E-state index contributed by atoms with van der Waals surface area (Å²) in [4.78, 5) is 28.3. The van der Waals surface area contributed by atoms with Gasteiger partial charge in [0.1, 0.15) is 5.56 Å². The first kappa shape index (κ1) is 22.0. The van der Waals surface area contributed by atoms with Gasteiger partial charge in [-0.25, -0.2) is 8.42 Å². The van der Waals surface area contributed by atoms with Crippen molar-refractivity contribution in [3.05, 3.63) is 40.2 Å². The lowest BCUT2D eigenvalue weighted by molar-refractivity contribution is 0.0760. The Hall–Kier alpha value is -2.19. The third-order valence-electron chi connectivity index (χ3n) is 6.49. The predicted molar refractivity (Wildman–Crippen MR) is 121 cm³/mol. The van der Waals surface area contributed by atoms with E-state index in [1.54, 1.807) is 34.8 Å². The molecule has 1 aromatic heterocycles. The molecular weight excluding hydrogens is 414 g/mol. The van der Waals surface area contributed by atoms with Gasteiger partial charge in [-0.1, -0.05) is 25.7 Å². The van der Waals surface area contributed by atoms with E-state index in [4.69, 9.17) is 0 Å². The van der Waals surface area contributed by atoms with Crippen molar-refractivity contribution >= 4 is 26.8 Å². The van der Waals surface area contributed by atoms with E-state index < -0.39 is 15.5 Å². The van der Waals surface area contributed by atoms with Crippen molar-refractivity contribution in [1.82, 2.24) is 13.8 Å². The second-order valence-corrected chi connectivity index (χ2v) is 10.6. The van der Waals surface area contributed by atoms with Crippen LogP contribution in [0.1, 0.15) is 61.7 Å². The Balaban J connectivity index is 1.75. The number of sulfonamides is 1. The standard InChI is InChI=1S/C23H31N3O4S/c1-24-17-20(23(28)25-12-6-2-3-7-13-25)22(27)19-16-18(10-11-21(19)24)31(29,30)26-14-8-4-5-9-15-26/h10-11,16-17H,2-9,12-15H2,1H3. The van der Waals surface area contributed by atoms with Crippen LogP contribution in [-0.2, 0) is 17.1 Å². The molecule has 2 aliphatic heterocycles. The van der Waals surface area contributed by atoms with Gasteiger partial charge in [0, 0.05) is 44.8 Å². The molecule has 8 heteroatoms. The van der Waals surface area contributed by atoms with Crippen LogP contribution in [0.5, 0.6) is 0 Å². The van der Waals surface area contributed by atoms with Crippen molar-refractivity contribution in [1.29, 1.82) is 0 Å². The average molecular weight is 446 g/mol. The fourth-order valence-electron chi connectivity index (χ4n) is 4.66. The average Bonchev–Trinajstić information content (AvgIpc) is 3.21. The van der Waals surface area contributed by atoms with E-state index >= 15 is 0 Å². The van der Waals surface area contributed by atoms with E-state index in [9.17, 15) is 18.0 Å². The molecule has 0 atom stereocenters. The Morgan fingerprint density at radius 1 is 0.871 bits per heavy atom. The molecule has 0 saturated carbocycles. The largest absolute Gasteiger partial charge is 0.350 e. The molecule has 2 aromatic rings. The SMILES string of the molecule is Cn1cc(C(=O)N2CCCCCC2)c(=O)c2cc(S(=O)(=O)N3CCCCCC3)ccc21. The summed E-state index contributed by atoms with van der Waals surface area (Å²) in [5.74, 6) is -0.259. The third kappa shape index (κ3) is 4.41. The molecule has 0 radical (unpaired) electrons. The monoisotopic (exact) mass is 445 g/mol. The molecule has 2 fully saturated rings. The fourth-order valence-corrected chi connectivity index (χ4v) is 6.20. The summed E-state index contributed by atoms with van der Waals surface area (Å²) in [5.41, 5.74) is 0.337. The quantitative estimate of drug-likeness (QED) is 0.727. The van der Waals surface area contributed by atoms with E-state index in [2.05, 4.69) is 0 Å². The van der Waals surface area contributed by atoms with Crippen molar-refractivity contribution in [2.24, 2.45) is 7.05 Å². The molecule has 0 N–H and O–H groups in total. The van der Waals surface area contributed by atoms with E-state index in [-0.39, 0.29) is 21.8 Å². The number of carbonyl (C=O) groups excluding carboxylic acids is 1. The highest BCUT2D eigenvalue weighted by molar-refractivity contribution is 7.89. The molecule has 2 aliphatic rings. The van der Waals surface area contributed by atoms with Crippen molar-refractivity contribution < 1.29 is 13.2 Å². The highest BCUT2D eigenvalue weighted by atomic mass is 32.2. The summed E-state index contributed by atoms with van der Waals surface area (Å²) < 4.78 is 29.7. The normalized spacial score (nSPS) is 19.2. The molecule has 0 bridgehead atoms. The number of benzene rings is 1. The number of aromatic nitrogens is 1. The fraction of sp³-hybridized carbons (Fsp3) is 0.565. The van der Waals surface area contributed by atoms with Crippen LogP contribution < -0.4 is 5.43 Å². The second kappa shape index (κ2) is 9.12. The molecule has 1 aromatic carbocycles. The van der Waals surface area contributed by atoms with E-state index in [0.29, 0.717) is 31.7 Å². The summed E-state index contributed by atoms with van der Waals surface area (Å²) in [7, 11) is -1.89. The first-order valence-electron chi connectivity index (χ1n) is 11.3. The van der Waals surface area contributed by atoms with Gasteiger partial charge < -0.3 is 9.47 Å². The highest BCUT2D eigenvalue weighted by Crippen LogP contribution is 2.23. The predicted octanol–water partition coefficient (Wildman–Crippen LogP) is 3.12. The van der Waals surface area contributed by atoms with Crippen molar-refractivity contribution in [2.75, 3.05) is 26.2 Å². The van der Waals surface area contributed by atoms with E-state index in [0.717, 1.165) is 51.4 Å². The third-order valence-corrected chi connectivity index (χ3v) is 8.38. The minimum atomic E-state index is -3.67. The lowest BCUT2D eigenvalue weighted by atomic mass is 10.1. The highest BCUT2D eigenvalue weighted by Gasteiger charge is 2.27. The van der Waals surface area contributed by atoms with Crippen LogP contribution in [0.4, 0.5) is 0 Å². The lowest BCUT2D eigenvalue weighted by Crippen LogP contribution is -2.35. The molecule has 7 nitrogen and oxygen atoms in total. The summed E-state index contributed by atoms with van der Waals surface area (Å²) in [6, 6.07) is 4.69. The molecule has 1 amide bonds. The molecule has 168 valence electrons. The minimum absolute atomic E-state index is 0.112. The van der Waals surface area contributed by atoms with Gasteiger partial charge in [-0.05, 0) is 43.9 Å². The first-order valence-corrected chi connectivity index (χ1v) is 12.8. The number of rotatable bonds is 3. The molecule has 3 heterocycles. The van der Waals surface area contributed by atoms with E-state index in [1.807, 2.05) is 0 Å². The number of aryl methyl sites for hydroxylation is 1. The number of nitrogens with zero attached hydrogens (tertiary/aromatic N) is 3. The zero-order chi connectivity index (χ0) is 22.0. The Labute approximate surface area is 183 Å². The Morgan fingerprint density at radius 2 is 1.45 bits per heavy atom. The number of amides is 1. The van der Waals surface area contributed by atoms with Crippen LogP contribution in [0.2, 0.25) is 0 Å². The van der Waals surface area contributed by atoms with Crippen LogP contribution in [0.3, 0.4) is 0 Å². The molecule has 0 unspecified atom stereocenters. The van der Waals surface area contributed by atoms with Gasteiger partial charge in [-0.3, -0.25) is 9.59 Å². The first-order chi connectivity index (χ1) is 14.9. The lowest BCUT2D eigenvalue weighted by Gasteiger charge is -2.21. The van der Waals surface area contributed by atoms with Crippen molar-refractivity contribution in [3.63, 3.8) is 0 Å². The smallest absolute Gasteiger partial charge is 0.259 e. The number of likely N-dealkylation sites (tertiary alicyclic amines) is 1. The maximum Gasteiger partial charge on any atom is 0.259 e. The van der Waals surface area contributed by atoms with Crippen LogP contribution in [0.25, 0.3) is 10.9 Å². The van der Waals surface area contributed by atoms with Crippen LogP contribution in [-0.4, -0.2) is 54.3 Å². The van der Waals surface area contributed by atoms with Crippen molar-refractivity contribution in [3.8, 4) is 0 Å². The maximum atomic E-state index is 13.3. The molecule has 4 rings (SSSR count). The van der Waals surface area contributed by atoms with Crippen LogP contribution >= 0.6 is 0 Å². The zero-order valence-electron chi connectivity index (χ0n) is 18.2. The van der Waals surface area contributed by atoms with Crippen LogP contribution in [0, 0.1) is 0 Å². The van der Waals surface area contributed by atoms with Gasteiger partial charge in [0.25, 0.3) is 5.91 Å². The Kier molecular flexibility index (Phi) is 6.48. The molecular formula is C23H31N3O4S. The molecule has 0 aliphatic carbocycles. The van der Waals surface area contributed by atoms with Gasteiger partial charge in [0.05, 0.1) is 10.4 Å². The summed E-state index contributed by atoms with van der Waals surface area (Å²) in [6.45, 7) is 2.32. The van der Waals surface area contributed by atoms with E-state index in [1.165, 1.54) is 10.4 Å². The Bertz CT molecular complexity index is 1120. The minimum Gasteiger partial charge on any atom is -0.350 e. The number of hydrogen-bond donors (Lipinski definition) is 0. The molecule has 31 heavy (non-hydrogen) atoms. The molecule has 0 spiro atoms. The maximum absolute atomic E-state index is 13.3. The summed E-state index contributed by atoms with van der Waals surface area (Å²) in [5, 5.41) is 0.277. The van der Waals surface area contributed by atoms with Gasteiger partial charge >= 0.3 is 0 Å². The van der Waals surface area contributed by atoms with Crippen LogP contribution in [0.15, 0.2) is 34.1 Å². The second-order valence-electron chi connectivity index (χ2n) is 8.69. The number of carbonyl (C=O) groups is 1. The van der Waals surface area contributed by atoms with Gasteiger partial charge in [0.2, 0.25) is 15.5 Å². The summed E-state index contributed by atoms with van der Waals surface area (Å²) in [6.07, 6.45) is 9.43. The zero-order valence-corrected chi connectivity index (χ0v) is 19.0. The number of fused-ring (bicyclic) bond motifs is 1. The van der Waals surface area contributed by atoms with Gasteiger partial charge in [-0.15, -0.1) is 0 Å². The van der Waals surface area contributed by atoms with Gasteiger partial charge in [0.15, 0.2) is 0 Å². The van der Waals surface area contributed by atoms with Gasteiger partial charge in [-0.2, -0.15) is 4.31 Å². The number of pyridine rings is 1. The summed E-state index contributed by atoms with van der Waals surface area (Å²) >= 11 is 0. The number of hydrogen-bond acceptors (Lipinski definition) is 4. The molecule has 2 saturated heterocycles. The van der Waals surface area contributed by atoms with Crippen molar-refractivity contribution in [2.45, 2.75) is 56.3 Å². The Morgan fingerprint density at radius 3 is 2.06 bits per heavy atom.